The largest absolute Gasteiger partial charge is 0.377 e. The number of benzene rings is 1. The summed E-state index contributed by atoms with van der Waals surface area (Å²) in [6, 6.07) is 7.80. The maximum atomic E-state index is 6.01. The van der Waals surface area contributed by atoms with Crippen molar-refractivity contribution in [3.05, 3.63) is 47.2 Å². The molecule has 0 aliphatic carbocycles. The standard InChI is InChI=1S/C13H12ClN3O2/c1-18-8-12-15-13(19-16-12)7-17-5-4-9-2-3-10(14)6-11(9)17/h2-6H,7-8H2,1H3. The van der Waals surface area contributed by atoms with Crippen molar-refractivity contribution < 1.29 is 9.26 Å². The topological polar surface area (TPSA) is 53.1 Å². The SMILES string of the molecule is COCc1noc(Cn2ccc3ccc(Cl)cc32)n1. The molecule has 98 valence electrons. The van der Waals surface area contributed by atoms with Crippen molar-refractivity contribution in [2.24, 2.45) is 0 Å². The van der Waals surface area contributed by atoms with Crippen LogP contribution in [-0.2, 0) is 17.9 Å². The van der Waals surface area contributed by atoms with Crippen LogP contribution in [-0.4, -0.2) is 21.8 Å². The van der Waals surface area contributed by atoms with Crippen LogP contribution in [0.1, 0.15) is 11.7 Å². The number of methoxy groups -OCH3 is 1. The Balaban J connectivity index is 1.89. The molecular weight excluding hydrogens is 266 g/mol. The first-order valence-corrected chi connectivity index (χ1v) is 6.19. The Bertz CT molecular complexity index is 705. The summed E-state index contributed by atoms with van der Waals surface area (Å²) in [7, 11) is 1.59. The van der Waals surface area contributed by atoms with E-state index in [1.807, 2.05) is 35.0 Å². The van der Waals surface area contributed by atoms with E-state index in [1.54, 1.807) is 7.11 Å². The Labute approximate surface area is 114 Å². The summed E-state index contributed by atoms with van der Waals surface area (Å²) >= 11 is 6.01. The molecule has 5 nitrogen and oxygen atoms in total. The molecule has 1 aromatic carbocycles. The van der Waals surface area contributed by atoms with Crippen molar-refractivity contribution in [2.45, 2.75) is 13.2 Å². The van der Waals surface area contributed by atoms with Gasteiger partial charge in [-0.05, 0) is 23.6 Å². The van der Waals surface area contributed by atoms with E-state index in [0.717, 1.165) is 10.9 Å². The zero-order valence-corrected chi connectivity index (χ0v) is 11.1. The fourth-order valence-corrected chi connectivity index (χ4v) is 2.15. The molecule has 6 heteroatoms. The average Bonchev–Trinajstić information content (AvgIpc) is 2.98. The van der Waals surface area contributed by atoms with E-state index in [-0.39, 0.29) is 0 Å². The molecule has 0 N–H and O–H groups in total. The van der Waals surface area contributed by atoms with Gasteiger partial charge in [0.25, 0.3) is 0 Å². The van der Waals surface area contributed by atoms with Crippen LogP contribution in [0.25, 0.3) is 10.9 Å². The summed E-state index contributed by atoms with van der Waals surface area (Å²) in [5.41, 5.74) is 1.04. The lowest BCUT2D eigenvalue weighted by atomic mass is 10.2. The van der Waals surface area contributed by atoms with Gasteiger partial charge in [0.1, 0.15) is 13.2 Å². The van der Waals surface area contributed by atoms with Crippen LogP contribution in [0.2, 0.25) is 5.02 Å². The fraction of sp³-hybridized carbons (Fsp3) is 0.231. The summed E-state index contributed by atoms with van der Waals surface area (Å²) in [5, 5.41) is 5.67. The highest BCUT2D eigenvalue weighted by Gasteiger charge is 2.08. The number of hydrogen-bond acceptors (Lipinski definition) is 4. The van der Waals surface area contributed by atoms with Gasteiger partial charge in [-0.25, -0.2) is 0 Å². The molecule has 2 heterocycles. The molecule has 0 unspecified atom stereocenters. The average molecular weight is 278 g/mol. The van der Waals surface area contributed by atoms with Crippen LogP contribution in [0, 0.1) is 0 Å². The van der Waals surface area contributed by atoms with Gasteiger partial charge in [0.2, 0.25) is 5.89 Å². The minimum atomic E-state index is 0.349. The van der Waals surface area contributed by atoms with Crippen LogP contribution in [0.15, 0.2) is 35.0 Å². The molecule has 0 saturated carbocycles. The molecule has 0 spiro atoms. The zero-order chi connectivity index (χ0) is 13.2. The maximum absolute atomic E-state index is 6.01. The molecule has 0 fully saturated rings. The first kappa shape index (κ1) is 12.2. The van der Waals surface area contributed by atoms with Crippen molar-refractivity contribution in [3.8, 4) is 0 Å². The quantitative estimate of drug-likeness (QED) is 0.736. The van der Waals surface area contributed by atoms with E-state index in [9.17, 15) is 0 Å². The smallest absolute Gasteiger partial charge is 0.246 e. The highest BCUT2D eigenvalue weighted by molar-refractivity contribution is 6.31. The maximum Gasteiger partial charge on any atom is 0.246 e. The Morgan fingerprint density at radius 2 is 2.26 bits per heavy atom. The van der Waals surface area contributed by atoms with Gasteiger partial charge in [0.05, 0.1) is 0 Å². The zero-order valence-electron chi connectivity index (χ0n) is 10.3. The number of hydrogen-bond donors (Lipinski definition) is 0. The molecule has 19 heavy (non-hydrogen) atoms. The molecule has 0 amide bonds. The summed E-state index contributed by atoms with van der Waals surface area (Å²) < 4.78 is 12.1. The number of fused-ring (bicyclic) bond motifs is 1. The predicted octanol–water partition coefficient (Wildman–Crippen LogP) is 2.87. The second-order valence-electron chi connectivity index (χ2n) is 4.18. The van der Waals surface area contributed by atoms with Crippen LogP contribution < -0.4 is 0 Å². The highest BCUT2D eigenvalue weighted by atomic mass is 35.5. The molecule has 0 radical (unpaired) electrons. The molecule has 0 saturated heterocycles. The van der Waals surface area contributed by atoms with Crippen molar-refractivity contribution in [1.82, 2.24) is 14.7 Å². The second kappa shape index (κ2) is 5.03. The lowest BCUT2D eigenvalue weighted by Gasteiger charge is -2.01. The van der Waals surface area contributed by atoms with E-state index in [0.29, 0.717) is 29.9 Å². The van der Waals surface area contributed by atoms with Gasteiger partial charge in [-0.3, -0.25) is 0 Å². The van der Waals surface area contributed by atoms with Crippen molar-refractivity contribution in [3.63, 3.8) is 0 Å². The Morgan fingerprint density at radius 1 is 1.37 bits per heavy atom. The van der Waals surface area contributed by atoms with E-state index in [2.05, 4.69) is 10.1 Å². The second-order valence-corrected chi connectivity index (χ2v) is 4.62. The molecule has 0 aliphatic rings. The normalized spacial score (nSPS) is 11.3. The number of rotatable bonds is 4. The first-order chi connectivity index (χ1) is 9.26. The van der Waals surface area contributed by atoms with Gasteiger partial charge in [-0.1, -0.05) is 22.8 Å². The number of ether oxygens (including phenoxy) is 1. The summed E-state index contributed by atoms with van der Waals surface area (Å²) in [5.74, 6) is 1.09. The summed E-state index contributed by atoms with van der Waals surface area (Å²) in [6.07, 6.45) is 1.97. The van der Waals surface area contributed by atoms with Gasteiger partial charge >= 0.3 is 0 Å². The first-order valence-electron chi connectivity index (χ1n) is 5.81. The lowest BCUT2D eigenvalue weighted by molar-refractivity contribution is 0.174. The van der Waals surface area contributed by atoms with E-state index < -0.39 is 0 Å². The third-order valence-electron chi connectivity index (χ3n) is 2.83. The van der Waals surface area contributed by atoms with Gasteiger partial charge in [0.15, 0.2) is 5.82 Å². The van der Waals surface area contributed by atoms with Crippen molar-refractivity contribution >= 4 is 22.5 Å². The minimum Gasteiger partial charge on any atom is -0.377 e. The van der Waals surface area contributed by atoms with Gasteiger partial charge in [-0.2, -0.15) is 4.98 Å². The van der Waals surface area contributed by atoms with Gasteiger partial charge < -0.3 is 13.8 Å². The molecule has 0 atom stereocenters. The molecule has 0 bridgehead atoms. The third kappa shape index (κ3) is 2.47. The van der Waals surface area contributed by atoms with Crippen LogP contribution in [0.3, 0.4) is 0 Å². The Hall–Kier alpha value is -1.85. The number of aromatic nitrogens is 3. The van der Waals surface area contributed by atoms with Crippen molar-refractivity contribution in [1.29, 1.82) is 0 Å². The molecule has 3 rings (SSSR count). The Morgan fingerprint density at radius 3 is 3.11 bits per heavy atom. The predicted molar refractivity (Wildman–Crippen MR) is 71.1 cm³/mol. The molecule has 2 aromatic heterocycles. The number of nitrogens with zero attached hydrogens (tertiary/aromatic N) is 3. The van der Waals surface area contributed by atoms with E-state index in [1.165, 1.54) is 0 Å². The number of halogens is 1. The molecular formula is C13H12ClN3O2. The van der Waals surface area contributed by atoms with Crippen LogP contribution in [0.4, 0.5) is 0 Å². The monoisotopic (exact) mass is 277 g/mol. The summed E-state index contributed by atoms with van der Waals surface area (Å²) in [6.45, 7) is 0.863. The van der Waals surface area contributed by atoms with E-state index in [4.69, 9.17) is 20.9 Å². The molecule has 0 aliphatic heterocycles. The van der Waals surface area contributed by atoms with E-state index >= 15 is 0 Å². The fourth-order valence-electron chi connectivity index (χ4n) is 1.98. The van der Waals surface area contributed by atoms with Gasteiger partial charge in [-0.15, -0.1) is 0 Å². The third-order valence-corrected chi connectivity index (χ3v) is 3.06. The van der Waals surface area contributed by atoms with Crippen molar-refractivity contribution in [2.75, 3.05) is 7.11 Å². The van der Waals surface area contributed by atoms with Gasteiger partial charge in [0, 0.05) is 23.8 Å². The highest BCUT2D eigenvalue weighted by Crippen LogP contribution is 2.21. The van der Waals surface area contributed by atoms with Crippen LogP contribution in [0.5, 0.6) is 0 Å². The Kier molecular flexibility index (Phi) is 3.23. The van der Waals surface area contributed by atoms with Crippen LogP contribution >= 0.6 is 11.6 Å². The molecule has 3 aromatic rings. The minimum absolute atomic E-state index is 0.349. The summed E-state index contributed by atoms with van der Waals surface area (Å²) in [4.78, 5) is 4.25. The lowest BCUT2D eigenvalue weighted by Crippen LogP contribution is -1.98.